The van der Waals surface area contributed by atoms with Crippen molar-refractivity contribution in [2.45, 2.75) is 26.7 Å². The number of methoxy groups -OCH3 is 4. The Morgan fingerprint density at radius 2 is 0.938 bits per heavy atom. The van der Waals surface area contributed by atoms with E-state index in [2.05, 4.69) is 24.9 Å². The van der Waals surface area contributed by atoms with Crippen molar-refractivity contribution in [2.75, 3.05) is 105 Å². The summed E-state index contributed by atoms with van der Waals surface area (Å²) in [5.41, 5.74) is 3.54. The van der Waals surface area contributed by atoms with E-state index >= 15 is 0 Å². The zero-order valence-corrected chi connectivity index (χ0v) is 38.8. The molecule has 0 radical (unpaired) electrons. The number of nitrogen functional groups attached to an aromatic ring is 1. The van der Waals surface area contributed by atoms with Gasteiger partial charge >= 0.3 is 17.1 Å². The first kappa shape index (κ1) is 59.6. The van der Waals surface area contributed by atoms with Gasteiger partial charge in [0, 0.05) is 70.7 Å². The van der Waals surface area contributed by atoms with Gasteiger partial charge in [-0.05, 0) is 54.3 Å². The Balaban J connectivity index is 0. The fraction of sp³-hybridized carbons (Fsp3) is 0.486. The lowest BCUT2D eigenvalue weighted by molar-refractivity contribution is -0.385. The summed E-state index contributed by atoms with van der Waals surface area (Å²) in [6, 6.07) is 0. The van der Waals surface area contributed by atoms with Crippen LogP contribution >= 0.6 is 0 Å². The van der Waals surface area contributed by atoms with E-state index in [0.717, 1.165) is 18.6 Å². The zero-order valence-electron chi connectivity index (χ0n) is 38.8. The molecule has 0 aliphatic carbocycles. The third kappa shape index (κ3) is 21.5. The molecule has 0 aliphatic heterocycles. The monoisotopic (exact) mass is 916 g/mol. The second-order valence-electron chi connectivity index (χ2n) is 13.5. The summed E-state index contributed by atoms with van der Waals surface area (Å²) in [5, 5.41) is 32.2. The predicted octanol–water partition coefficient (Wildman–Crippen LogP) is 4.81. The van der Waals surface area contributed by atoms with E-state index < -0.39 is 49.3 Å². The van der Waals surface area contributed by atoms with E-state index in [0.29, 0.717) is 0 Å². The molecule has 27 heteroatoms. The van der Waals surface area contributed by atoms with Crippen molar-refractivity contribution < 1.29 is 46.9 Å². The fourth-order valence-corrected chi connectivity index (χ4v) is 4.20. The molecule has 3 rings (SSSR count). The van der Waals surface area contributed by atoms with Crippen LogP contribution in [-0.2, 0) is 18.9 Å². The molecule has 24 nitrogen and oxygen atoms in total. The quantitative estimate of drug-likeness (QED) is 0.0704. The molecular formula is C37H59F3N14O10. The van der Waals surface area contributed by atoms with Crippen LogP contribution in [0.4, 0.5) is 47.7 Å². The van der Waals surface area contributed by atoms with E-state index in [1.54, 1.807) is 85.4 Å². The third-order valence-corrected chi connectivity index (χ3v) is 7.08. The minimum absolute atomic E-state index is 0.0640. The maximum absolute atomic E-state index is 13.7. The normalized spacial score (nSPS) is 10.9. The number of pyridine rings is 3. The van der Waals surface area contributed by atoms with Crippen LogP contribution in [0.25, 0.3) is 6.08 Å². The third-order valence-electron chi connectivity index (χ3n) is 7.08. The van der Waals surface area contributed by atoms with Crippen molar-refractivity contribution in [1.29, 1.82) is 0 Å². The standard InChI is InChI=1S/C12H16FN5O2.C9H11FN4O2.C6H6FN3O2.2C5H13NO2/c1-16(2)6-5-9-10(13)7-14-12(11(9)18(19)20)15-8-17(3)4;1-6-7(10)4-11-9(8(6)14(15)16)12-5-13(2)3;1-3-4(7)2-9-6(8)5(3)10(11)12;2*1-6(2)5(7-3)8-4/h5-8H,1-4H3;4-5H,1-3H3;2H,1H3,(H2,8,9);2*5H,1-4H3/b6-5+,15-8?;;;;. The molecule has 64 heavy (non-hydrogen) atoms. The highest BCUT2D eigenvalue weighted by Gasteiger charge is 2.24. The Hall–Kier alpha value is -6.52. The summed E-state index contributed by atoms with van der Waals surface area (Å²) < 4.78 is 59.0. The lowest BCUT2D eigenvalue weighted by atomic mass is 10.2. The number of hydrogen-bond donors (Lipinski definition) is 1. The van der Waals surface area contributed by atoms with Crippen LogP contribution in [0.1, 0.15) is 16.7 Å². The van der Waals surface area contributed by atoms with E-state index in [1.807, 2.05) is 38.0 Å². The Labute approximate surface area is 369 Å². The van der Waals surface area contributed by atoms with Gasteiger partial charge in [0.15, 0.2) is 17.5 Å². The van der Waals surface area contributed by atoms with Gasteiger partial charge in [-0.3, -0.25) is 40.1 Å². The second-order valence-corrected chi connectivity index (χ2v) is 13.5. The van der Waals surface area contributed by atoms with Gasteiger partial charge in [-0.2, -0.15) is 0 Å². The highest BCUT2D eigenvalue weighted by Crippen LogP contribution is 2.32. The maximum atomic E-state index is 13.7. The number of nitro groups is 3. The predicted molar refractivity (Wildman–Crippen MR) is 236 cm³/mol. The Morgan fingerprint density at radius 3 is 1.23 bits per heavy atom. The number of aromatic nitrogens is 3. The number of nitrogens with zero attached hydrogens (tertiary/aromatic N) is 13. The first-order valence-electron chi connectivity index (χ1n) is 18.1. The molecule has 0 saturated carbocycles. The van der Waals surface area contributed by atoms with Gasteiger partial charge in [0.25, 0.3) is 0 Å². The molecule has 0 saturated heterocycles. The van der Waals surface area contributed by atoms with Gasteiger partial charge < -0.3 is 39.4 Å². The van der Waals surface area contributed by atoms with Crippen LogP contribution in [0.5, 0.6) is 0 Å². The molecule has 0 fully saturated rings. The molecule has 0 unspecified atom stereocenters. The molecule has 0 aromatic carbocycles. The molecule has 0 spiro atoms. The van der Waals surface area contributed by atoms with Gasteiger partial charge in [0.05, 0.1) is 62.7 Å². The highest BCUT2D eigenvalue weighted by atomic mass is 19.1. The Bertz CT molecular complexity index is 2000. The van der Waals surface area contributed by atoms with Crippen LogP contribution in [0.2, 0.25) is 0 Å². The maximum Gasteiger partial charge on any atom is 0.323 e. The topological polar surface area (TPSA) is 272 Å². The number of aliphatic imine (C=N–C) groups is 2. The lowest BCUT2D eigenvalue weighted by Gasteiger charge is -2.19. The molecule has 0 aliphatic rings. The van der Waals surface area contributed by atoms with Gasteiger partial charge in [0.1, 0.15) is 0 Å². The summed E-state index contributed by atoms with van der Waals surface area (Å²) in [6.07, 6.45) is 7.85. The van der Waals surface area contributed by atoms with Gasteiger partial charge in [-0.15, -0.1) is 0 Å². The number of nitrogens with two attached hydrogens (primary N) is 1. The van der Waals surface area contributed by atoms with Gasteiger partial charge in [-0.25, -0.2) is 38.1 Å². The minimum Gasteiger partial charge on any atom is -0.383 e. The minimum atomic E-state index is -0.765. The van der Waals surface area contributed by atoms with E-state index in [-0.39, 0.29) is 47.0 Å². The van der Waals surface area contributed by atoms with E-state index in [4.69, 9.17) is 24.7 Å². The van der Waals surface area contributed by atoms with Gasteiger partial charge in [-0.1, -0.05) is 0 Å². The largest absolute Gasteiger partial charge is 0.383 e. The zero-order chi connectivity index (χ0) is 50.0. The molecule has 3 aromatic rings. The van der Waals surface area contributed by atoms with Crippen LogP contribution in [-0.4, -0.2) is 179 Å². The summed E-state index contributed by atoms with van der Waals surface area (Å²) >= 11 is 0. The van der Waals surface area contributed by atoms with Gasteiger partial charge in [0.2, 0.25) is 30.3 Å². The number of ether oxygens (including phenoxy) is 4. The van der Waals surface area contributed by atoms with Crippen LogP contribution in [0.15, 0.2) is 34.8 Å². The molecule has 3 heterocycles. The molecule has 3 aromatic heterocycles. The summed E-state index contributed by atoms with van der Waals surface area (Å²) in [7, 11) is 24.3. The van der Waals surface area contributed by atoms with Crippen molar-refractivity contribution in [3.05, 3.63) is 89.3 Å². The number of anilines is 1. The number of hydrogen-bond acceptors (Lipinski definition) is 19. The first-order valence-corrected chi connectivity index (χ1v) is 18.1. The Morgan fingerprint density at radius 1 is 0.594 bits per heavy atom. The smallest absolute Gasteiger partial charge is 0.323 e. The summed E-state index contributed by atoms with van der Waals surface area (Å²) in [6.45, 7) is 2.61. The van der Waals surface area contributed by atoms with Crippen molar-refractivity contribution in [3.63, 3.8) is 0 Å². The van der Waals surface area contributed by atoms with E-state index in [9.17, 15) is 43.5 Å². The molecule has 0 atom stereocenters. The van der Waals surface area contributed by atoms with E-state index in [1.165, 1.54) is 38.8 Å². The van der Waals surface area contributed by atoms with Crippen molar-refractivity contribution in [2.24, 2.45) is 9.98 Å². The molecular weight excluding hydrogens is 857 g/mol. The molecule has 2 N–H and O–H groups in total. The second kappa shape index (κ2) is 30.5. The summed E-state index contributed by atoms with van der Waals surface area (Å²) in [5.74, 6) is -2.70. The van der Waals surface area contributed by atoms with Crippen molar-refractivity contribution in [3.8, 4) is 0 Å². The summed E-state index contributed by atoms with van der Waals surface area (Å²) in [4.78, 5) is 56.9. The van der Waals surface area contributed by atoms with Crippen LogP contribution in [0.3, 0.4) is 0 Å². The van der Waals surface area contributed by atoms with Crippen molar-refractivity contribution >= 4 is 53.3 Å². The first-order chi connectivity index (χ1) is 29.7. The van der Waals surface area contributed by atoms with Crippen LogP contribution < -0.4 is 5.73 Å². The van der Waals surface area contributed by atoms with Crippen molar-refractivity contribution in [1.82, 2.24) is 39.5 Å². The fourth-order valence-electron chi connectivity index (χ4n) is 4.20. The molecule has 358 valence electrons. The average Bonchev–Trinajstić information content (AvgIpc) is 3.20. The highest BCUT2D eigenvalue weighted by molar-refractivity contribution is 5.72. The number of halogens is 3. The lowest BCUT2D eigenvalue weighted by Crippen LogP contribution is -2.30. The molecule has 0 amide bonds. The SMILES string of the molecule is CN(C)C=Nc1ncc(F)c(/C=C/N(C)C)c1[N+](=O)[O-].COC(OC)N(C)C.COC(OC)N(C)C.Cc1c(F)cnc(N)c1[N+](=O)[O-].Cc1c(F)cnc(N=CN(C)C)c1[N+](=O)[O-]. The Kier molecular flexibility index (Phi) is 28.4. The number of rotatable bonds is 15. The van der Waals surface area contributed by atoms with Crippen LogP contribution in [0, 0.1) is 61.6 Å². The average molecular weight is 917 g/mol. The molecule has 0 bridgehead atoms.